The molecule has 1 aliphatic heterocycles. The van der Waals surface area contributed by atoms with Crippen LogP contribution < -0.4 is 0 Å². The van der Waals surface area contributed by atoms with Crippen molar-refractivity contribution in [2.45, 2.75) is 26.2 Å². The largest absolute Gasteiger partial charge is 0.481 e. The first-order valence-electron chi connectivity index (χ1n) is 8.95. The molecule has 1 aliphatic rings. The number of aryl methyl sites for hydroxylation is 1. The van der Waals surface area contributed by atoms with Gasteiger partial charge < -0.3 is 14.7 Å². The van der Waals surface area contributed by atoms with Gasteiger partial charge in [-0.05, 0) is 19.8 Å². The van der Waals surface area contributed by atoms with E-state index in [2.05, 4.69) is 4.98 Å². The molecule has 1 amide bonds. The van der Waals surface area contributed by atoms with Crippen LogP contribution in [0.5, 0.6) is 0 Å². The van der Waals surface area contributed by atoms with Crippen molar-refractivity contribution >= 4 is 23.2 Å². The number of nitrogens with zero attached hydrogens (tertiary/aromatic N) is 2. The van der Waals surface area contributed by atoms with Crippen LogP contribution in [0.15, 0.2) is 29.6 Å². The van der Waals surface area contributed by atoms with Gasteiger partial charge >= 0.3 is 5.97 Å². The monoisotopic (exact) mass is 388 g/mol. The molecule has 1 unspecified atom stereocenters. The minimum atomic E-state index is -1.02. The van der Waals surface area contributed by atoms with Gasteiger partial charge in [-0.3, -0.25) is 9.59 Å². The zero-order valence-corrected chi connectivity index (χ0v) is 16.4. The first-order valence-corrected chi connectivity index (χ1v) is 9.83. The molecule has 1 atom stereocenters. The van der Waals surface area contributed by atoms with Gasteiger partial charge in [0.2, 0.25) is 5.91 Å². The van der Waals surface area contributed by atoms with E-state index in [4.69, 9.17) is 4.74 Å². The maximum Gasteiger partial charge on any atom is 0.313 e. The predicted molar refractivity (Wildman–Crippen MR) is 104 cm³/mol. The van der Waals surface area contributed by atoms with Gasteiger partial charge in [0.05, 0.1) is 18.7 Å². The highest BCUT2D eigenvalue weighted by Crippen LogP contribution is 2.31. The number of carbonyl (C=O) groups excluding carboxylic acids is 1. The van der Waals surface area contributed by atoms with Gasteiger partial charge in [-0.1, -0.05) is 29.8 Å². The van der Waals surface area contributed by atoms with Crippen LogP contribution in [0.1, 0.15) is 24.1 Å². The molecule has 1 fully saturated rings. The van der Waals surface area contributed by atoms with Crippen molar-refractivity contribution < 1.29 is 19.4 Å². The first-order chi connectivity index (χ1) is 12.9. The highest BCUT2D eigenvalue weighted by molar-refractivity contribution is 7.13. The number of carboxylic acids is 1. The fourth-order valence-corrected chi connectivity index (χ4v) is 4.28. The Morgan fingerprint density at radius 3 is 2.74 bits per heavy atom. The number of aliphatic carboxylic acids is 1. The number of rotatable bonds is 6. The lowest BCUT2D eigenvalue weighted by atomic mass is 9.80. The van der Waals surface area contributed by atoms with E-state index in [-0.39, 0.29) is 25.5 Å². The minimum Gasteiger partial charge on any atom is -0.481 e. The molecule has 1 N–H and O–H groups in total. The van der Waals surface area contributed by atoms with E-state index in [1.807, 2.05) is 36.6 Å². The van der Waals surface area contributed by atoms with E-state index in [1.165, 1.54) is 24.0 Å². The van der Waals surface area contributed by atoms with Crippen LogP contribution in [0.4, 0.5) is 0 Å². The third-order valence-corrected chi connectivity index (χ3v) is 5.93. The molecule has 2 heterocycles. The number of amides is 1. The highest BCUT2D eigenvalue weighted by Gasteiger charge is 2.43. The highest BCUT2D eigenvalue weighted by atomic mass is 32.1. The summed E-state index contributed by atoms with van der Waals surface area (Å²) < 4.78 is 5.12. The quantitative estimate of drug-likeness (QED) is 0.823. The summed E-state index contributed by atoms with van der Waals surface area (Å²) >= 11 is 1.51. The van der Waals surface area contributed by atoms with Gasteiger partial charge in [-0.25, -0.2) is 4.98 Å². The number of hydrogen-bond acceptors (Lipinski definition) is 5. The molecule has 3 rings (SSSR count). The number of thiazole rings is 1. The van der Waals surface area contributed by atoms with Crippen LogP contribution >= 0.6 is 11.3 Å². The minimum absolute atomic E-state index is 0.0859. The zero-order chi connectivity index (χ0) is 19.4. The molecular formula is C20H24N2O4S. The van der Waals surface area contributed by atoms with Crippen LogP contribution in [-0.2, 0) is 20.7 Å². The Hall–Kier alpha value is -2.25. The predicted octanol–water partition coefficient (Wildman–Crippen LogP) is 3.00. The summed E-state index contributed by atoms with van der Waals surface area (Å²) in [5.41, 5.74) is 1.93. The molecule has 6 nitrogen and oxygen atoms in total. The Morgan fingerprint density at radius 2 is 2.07 bits per heavy atom. The molecule has 0 saturated carbocycles. The van der Waals surface area contributed by atoms with Crippen molar-refractivity contribution in [3.05, 3.63) is 40.9 Å². The van der Waals surface area contributed by atoms with E-state index in [9.17, 15) is 14.7 Å². The van der Waals surface area contributed by atoms with Crippen molar-refractivity contribution in [1.29, 1.82) is 0 Å². The Balaban J connectivity index is 1.68. The maximum atomic E-state index is 12.7. The van der Waals surface area contributed by atoms with E-state index < -0.39 is 11.4 Å². The number of benzene rings is 1. The molecule has 0 bridgehead atoms. The van der Waals surface area contributed by atoms with Crippen LogP contribution in [-0.4, -0.2) is 53.7 Å². The second-order valence-electron chi connectivity index (χ2n) is 7.12. The number of ether oxygens (including phenoxy) is 1. The van der Waals surface area contributed by atoms with Gasteiger partial charge in [-0.15, -0.1) is 11.3 Å². The molecule has 1 saturated heterocycles. The molecule has 0 radical (unpaired) electrons. The van der Waals surface area contributed by atoms with Crippen molar-refractivity contribution in [3.63, 3.8) is 0 Å². The summed E-state index contributed by atoms with van der Waals surface area (Å²) in [6.07, 6.45) is 1.37. The molecule has 2 aromatic rings. The number of carbonyl (C=O) groups is 2. The number of likely N-dealkylation sites (tertiary alicyclic amines) is 1. The Labute approximate surface area is 162 Å². The zero-order valence-electron chi connectivity index (χ0n) is 15.6. The maximum absolute atomic E-state index is 12.7. The third-order valence-electron chi connectivity index (χ3n) is 4.99. The van der Waals surface area contributed by atoms with E-state index in [0.717, 1.165) is 16.3 Å². The topological polar surface area (TPSA) is 79.7 Å². The molecule has 0 spiro atoms. The molecule has 144 valence electrons. The van der Waals surface area contributed by atoms with Gasteiger partial charge in [0, 0.05) is 31.1 Å². The van der Waals surface area contributed by atoms with Crippen LogP contribution in [0, 0.1) is 12.3 Å². The average Bonchev–Trinajstić information content (AvgIpc) is 3.11. The molecule has 7 heteroatoms. The Bertz CT molecular complexity index is 814. The fourth-order valence-electron chi connectivity index (χ4n) is 3.46. The summed E-state index contributed by atoms with van der Waals surface area (Å²) in [6.45, 7) is 2.91. The van der Waals surface area contributed by atoms with E-state index in [1.54, 1.807) is 4.90 Å². The van der Waals surface area contributed by atoms with Crippen molar-refractivity contribution in [1.82, 2.24) is 9.88 Å². The smallest absolute Gasteiger partial charge is 0.313 e. The average molecular weight is 388 g/mol. The summed E-state index contributed by atoms with van der Waals surface area (Å²) in [5, 5.41) is 12.4. The normalized spacial score (nSPS) is 19.9. The molecule has 0 aliphatic carbocycles. The van der Waals surface area contributed by atoms with Crippen LogP contribution in [0.2, 0.25) is 0 Å². The molecule has 27 heavy (non-hydrogen) atoms. The van der Waals surface area contributed by atoms with Gasteiger partial charge in [0.1, 0.15) is 10.4 Å². The fraction of sp³-hybridized carbons (Fsp3) is 0.450. The third kappa shape index (κ3) is 4.36. The van der Waals surface area contributed by atoms with Gasteiger partial charge in [0.25, 0.3) is 0 Å². The lowest BCUT2D eigenvalue weighted by Gasteiger charge is -2.39. The summed E-state index contributed by atoms with van der Waals surface area (Å²) in [7, 11) is 1.49. The Kier molecular flexibility index (Phi) is 5.92. The van der Waals surface area contributed by atoms with E-state index >= 15 is 0 Å². The molecule has 1 aromatic carbocycles. The van der Waals surface area contributed by atoms with Gasteiger partial charge in [-0.2, -0.15) is 0 Å². The van der Waals surface area contributed by atoms with Crippen molar-refractivity contribution in [2.24, 2.45) is 5.41 Å². The summed E-state index contributed by atoms with van der Waals surface area (Å²) in [6, 6.07) is 8.12. The number of carboxylic acid groups (broad SMARTS) is 1. The van der Waals surface area contributed by atoms with E-state index in [0.29, 0.717) is 19.4 Å². The van der Waals surface area contributed by atoms with Crippen LogP contribution in [0.25, 0.3) is 10.6 Å². The lowest BCUT2D eigenvalue weighted by molar-refractivity contribution is -0.159. The first kappa shape index (κ1) is 19.5. The Morgan fingerprint density at radius 1 is 1.33 bits per heavy atom. The lowest BCUT2D eigenvalue weighted by Crippen LogP contribution is -2.52. The summed E-state index contributed by atoms with van der Waals surface area (Å²) in [5.74, 6) is -0.991. The SMILES string of the molecule is COCC1(C(=O)O)CCCN(C(=O)Cc2csc(-c3ccc(C)cc3)n2)C1. The van der Waals surface area contributed by atoms with Crippen molar-refractivity contribution in [3.8, 4) is 10.6 Å². The number of hydrogen-bond donors (Lipinski definition) is 1. The number of methoxy groups -OCH3 is 1. The summed E-state index contributed by atoms with van der Waals surface area (Å²) in [4.78, 5) is 30.7. The molecular weight excluding hydrogens is 364 g/mol. The van der Waals surface area contributed by atoms with Crippen molar-refractivity contribution in [2.75, 3.05) is 26.8 Å². The van der Waals surface area contributed by atoms with Crippen LogP contribution in [0.3, 0.4) is 0 Å². The number of aromatic nitrogens is 1. The van der Waals surface area contributed by atoms with Gasteiger partial charge in [0.15, 0.2) is 0 Å². The standard InChI is InChI=1S/C20H24N2O4S/c1-14-4-6-15(7-5-14)18-21-16(11-27-18)10-17(23)22-9-3-8-20(12-22,13-26-2)19(24)25/h4-7,11H,3,8-10,12-13H2,1-2H3,(H,24,25). The number of piperidine rings is 1. The second kappa shape index (κ2) is 8.19. The second-order valence-corrected chi connectivity index (χ2v) is 7.98. The molecule has 1 aromatic heterocycles.